The van der Waals surface area contributed by atoms with Crippen molar-refractivity contribution in [3.8, 4) is 17.0 Å². The van der Waals surface area contributed by atoms with E-state index < -0.39 is 0 Å². The second-order valence-corrected chi connectivity index (χ2v) is 7.40. The van der Waals surface area contributed by atoms with Gasteiger partial charge in [-0.05, 0) is 48.3 Å². The fraction of sp³-hybridized carbons (Fsp3) is 0.190. The van der Waals surface area contributed by atoms with E-state index in [1.54, 1.807) is 26.4 Å². The van der Waals surface area contributed by atoms with E-state index in [1.165, 1.54) is 4.57 Å². The number of carbonyl (C=O) groups is 1. The highest BCUT2D eigenvalue weighted by atomic mass is 32.1. The second-order valence-electron chi connectivity index (χ2n) is 6.62. The van der Waals surface area contributed by atoms with Crippen molar-refractivity contribution < 1.29 is 9.53 Å². The van der Waals surface area contributed by atoms with Gasteiger partial charge in [-0.2, -0.15) is 4.37 Å². The Morgan fingerprint density at radius 3 is 2.80 bits per heavy atom. The Balaban J connectivity index is 1.55. The molecule has 3 aromatic heterocycles. The molecule has 0 radical (unpaired) electrons. The molecular weight excluding hydrogens is 402 g/mol. The van der Waals surface area contributed by atoms with Crippen LogP contribution in [-0.2, 0) is 17.9 Å². The minimum Gasteiger partial charge on any atom is -0.497 e. The number of fused-ring (bicyclic) bond motifs is 1. The van der Waals surface area contributed by atoms with E-state index in [-0.39, 0.29) is 18.0 Å². The van der Waals surface area contributed by atoms with E-state index in [4.69, 9.17) is 4.74 Å². The molecule has 9 heteroatoms. The molecule has 1 aromatic carbocycles. The Kier molecular flexibility index (Phi) is 5.53. The molecule has 0 saturated carbocycles. The molecule has 0 aliphatic rings. The molecule has 3 heterocycles. The summed E-state index contributed by atoms with van der Waals surface area (Å²) in [7, 11) is 1.59. The average molecular weight is 421 g/mol. The molecule has 0 aliphatic heterocycles. The van der Waals surface area contributed by atoms with Gasteiger partial charge in [0, 0.05) is 24.5 Å². The minimum absolute atomic E-state index is 0.111. The monoisotopic (exact) mass is 421 g/mol. The number of hydrogen-bond donors (Lipinski definition) is 1. The van der Waals surface area contributed by atoms with Crippen LogP contribution in [0.2, 0.25) is 0 Å². The molecule has 4 rings (SSSR count). The van der Waals surface area contributed by atoms with Crippen LogP contribution in [0.4, 0.5) is 0 Å². The predicted octanol–water partition coefficient (Wildman–Crippen LogP) is 2.55. The van der Waals surface area contributed by atoms with Crippen LogP contribution in [0.3, 0.4) is 0 Å². The first-order valence-corrected chi connectivity index (χ1v) is 10.0. The average Bonchev–Trinajstić information content (AvgIpc) is 3.20. The molecule has 1 amide bonds. The van der Waals surface area contributed by atoms with Gasteiger partial charge in [0.2, 0.25) is 5.91 Å². The molecule has 152 valence electrons. The number of aryl methyl sites for hydroxylation is 1. The first-order chi connectivity index (χ1) is 14.6. The standard InChI is InChI=1S/C21H19N5O3S/c1-13-24-19-18(15-6-8-22-9-7-15)25-30-20(19)21(28)26(13)12-17(27)23-11-14-4-3-5-16(10-14)29-2/h3-10H,11-12H2,1-2H3,(H,23,27). The lowest BCUT2D eigenvalue weighted by molar-refractivity contribution is -0.121. The molecule has 0 bridgehead atoms. The van der Waals surface area contributed by atoms with Crippen molar-refractivity contribution in [3.05, 3.63) is 70.5 Å². The third-order valence-corrected chi connectivity index (χ3v) is 5.47. The summed E-state index contributed by atoms with van der Waals surface area (Å²) in [6.07, 6.45) is 3.34. The topological polar surface area (TPSA) is 99.0 Å². The number of benzene rings is 1. The summed E-state index contributed by atoms with van der Waals surface area (Å²) in [6.45, 7) is 1.94. The molecule has 0 atom stereocenters. The van der Waals surface area contributed by atoms with E-state index in [0.717, 1.165) is 28.4 Å². The largest absolute Gasteiger partial charge is 0.497 e. The number of methoxy groups -OCH3 is 1. The van der Waals surface area contributed by atoms with Gasteiger partial charge in [0.05, 0.1) is 7.11 Å². The van der Waals surface area contributed by atoms with Gasteiger partial charge in [-0.25, -0.2) is 4.98 Å². The zero-order valence-corrected chi connectivity index (χ0v) is 17.3. The molecule has 8 nitrogen and oxygen atoms in total. The Morgan fingerprint density at radius 1 is 1.23 bits per heavy atom. The number of carbonyl (C=O) groups excluding carboxylic acids is 1. The van der Waals surface area contributed by atoms with Crippen molar-refractivity contribution >= 4 is 27.7 Å². The molecule has 30 heavy (non-hydrogen) atoms. The summed E-state index contributed by atoms with van der Waals surface area (Å²) >= 11 is 1.09. The highest BCUT2D eigenvalue weighted by Gasteiger charge is 2.17. The van der Waals surface area contributed by atoms with Gasteiger partial charge in [0.25, 0.3) is 5.56 Å². The Hall–Kier alpha value is -3.59. The first kappa shape index (κ1) is 19.7. The van der Waals surface area contributed by atoms with Crippen LogP contribution in [0.5, 0.6) is 5.75 Å². The van der Waals surface area contributed by atoms with Crippen LogP contribution < -0.4 is 15.6 Å². The highest BCUT2D eigenvalue weighted by Crippen LogP contribution is 2.27. The van der Waals surface area contributed by atoms with Crippen LogP contribution in [0.15, 0.2) is 53.6 Å². The molecule has 0 fully saturated rings. The van der Waals surface area contributed by atoms with Gasteiger partial charge >= 0.3 is 0 Å². The molecule has 4 aromatic rings. The van der Waals surface area contributed by atoms with Crippen LogP contribution in [0.1, 0.15) is 11.4 Å². The summed E-state index contributed by atoms with van der Waals surface area (Å²) < 4.78 is 11.4. The smallest absolute Gasteiger partial charge is 0.273 e. The van der Waals surface area contributed by atoms with Gasteiger partial charge in [-0.1, -0.05) is 12.1 Å². The van der Waals surface area contributed by atoms with Gasteiger partial charge in [0.1, 0.15) is 34.0 Å². The normalized spacial score (nSPS) is 10.9. The first-order valence-electron chi connectivity index (χ1n) is 9.23. The van der Waals surface area contributed by atoms with Crippen molar-refractivity contribution in [3.63, 3.8) is 0 Å². The van der Waals surface area contributed by atoms with Crippen molar-refractivity contribution in [2.45, 2.75) is 20.0 Å². The number of nitrogens with one attached hydrogen (secondary N) is 1. The molecule has 0 spiro atoms. The third-order valence-electron chi connectivity index (χ3n) is 4.65. The fourth-order valence-corrected chi connectivity index (χ4v) is 3.88. The zero-order chi connectivity index (χ0) is 21.1. The number of nitrogens with zero attached hydrogens (tertiary/aromatic N) is 4. The van der Waals surface area contributed by atoms with Gasteiger partial charge in [0.15, 0.2) is 0 Å². The second kappa shape index (κ2) is 8.42. The summed E-state index contributed by atoms with van der Waals surface area (Å²) in [5, 5.41) is 2.83. The fourth-order valence-electron chi connectivity index (χ4n) is 3.09. The maximum Gasteiger partial charge on any atom is 0.273 e. The van der Waals surface area contributed by atoms with E-state index >= 15 is 0 Å². The number of amides is 1. The summed E-state index contributed by atoms with van der Waals surface area (Å²) in [4.78, 5) is 34.0. The zero-order valence-electron chi connectivity index (χ0n) is 16.5. The van der Waals surface area contributed by atoms with E-state index in [2.05, 4.69) is 19.7 Å². The van der Waals surface area contributed by atoms with Gasteiger partial charge in [-0.15, -0.1) is 0 Å². The Labute approximate surface area is 176 Å². The maximum absolute atomic E-state index is 13.0. The Morgan fingerprint density at radius 2 is 2.03 bits per heavy atom. The number of pyridine rings is 1. The van der Waals surface area contributed by atoms with E-state index in [0.29, 0.717) is 28.3 Å². The molecule has 0 aliphatic carbocycles. The predicted molar refractivity (Wildman–Crippen MR) is 114 cm³/mol. The number of hydrogen-bond acceptors (Lipinski definition) is 7. The van der Waals surface area contributed by atoms with Crippen molar-refractivity contribution in [1.82, 2.24) is 24.2 Å². The molecule has 0 saturated heterocycles. The number of rotatable bonds is 6. The van der Waals surface area contributed by atoms with E-state index in [9.17, 15) is 9.59 Å². The van der Waals surface area contributed by atoms with Crippen LogP contribution >= 0.6 is 11.5 Å². The van der Waals surface area contributed by atoms with Gasteiger partial charge < -0.3 is 10.1 Å². The molecule has 1 N–H and O–H groups in total. The third kappa shape index (κ3) is 3.92. The maximum atomic E-state index is 13.0. The lowest BCUT2D eigenvalue weighted by Gasteiger charge is -2.11. The van der Waals surface area contributed by atoms with Crippen molar-refractivity contribution in [2.75, 3.05) is 7.11 Å². The van der Waals surface area contributed by atoms with Crippen molar-refractivity contribution in [2.24, 2.45) is 0 Å². The number of aromatic nitrogens is 4. The SMILES string of the molecule is COc1cccc(CNC(=O)Cn2c(C)nc3c(-c4ccncc4)nsc3c2=O)c1. The lowest BCUT2D eigenvalue weighted by Crippen LogP contribution is -2.33. The molecule has 0 unspecified atom stereocenters. The van der Waals surface area contributed by atoms with Crippen LogP contribution in [-0.4, -0.2) is 31.9 Å². The highest BCUT2D eigenvalue weighted by molar-refractivity contribution is 7.13. The summed E-state index contributed by atoms with van der Waals surface area (Å²) in [5.41, 5.74) is 2.67. The Bertz CT molecular complexity index is 1270. The number of ether oxygens (including phenoxy) is 1. The summed E-state index contributed by atoms with van der Waals surface area (Å²) in [6, 6.07) is 11.1. The molecular formula is C21H19N5O3S. The quantitative estimate of drug-likeness (QED) is 0.514. The van der Waals surface area contributed by atoms with Gasteiger partial charge in [-0.3, -0.25) is 19.1 Å². The van der Waals surface area contributed by atoms with Crippen molar-refractivity contribution in [1.29, 1.82) is 0 Å². The summed E-state index contributed by atoms with van der Waals surface area (Å²) in [5.74, 6) is 0.904. The lowest BCUT2D eigenvalue weighted by atomic mass is 10.2. The van der Waals surface area contributed by atoms with Crippen LogP contribution in [0.25, 0.3) is 21.5 Å². The minimum atomic E-state index is -0.275. The van der Waals surface area contributed by atoms with E-state index in [1.807, 2.05) is 36.4 Å². The van der Waals surface area contributed by atoms with Crippen LogP contribution in [0, 0.1) is 6.92 Å².